The van der Waals surface area contributed by atoms with E-state index in [4.69, 9.17) is 27.9 Å². The minimum absolute atomic E-state index is 0.00596. The second-order valence-corrected chi connectivity index (χ2v) is 14.6. The SMILES string of the molecule is COc1ccc([C@@]23C(=O)N(Nc4ccc(Cl)cc4Cl)C(=O)[C@@H]2C[C@@H]2C(=CC[C@@H]4C(=O)N(c5ccc(C(=O)O)c(O)c5)C(=O)[C@@H]42)[C@@H]3c2ccccc2O)cc1. The monoisotopic (exact) mass is 767 g/mol. The predicted octanol–water partition coefficient (Wildman–Crippen LogP) is 6.30. The Labute approximate surface area is 318 Å². The van der Waals surface area contributed by atoms with Gasteiger partial charge in [-0.25, -0.2) is 9.69 Å². The summed E-state index contributed by atoms with van der Waals surface area (Å²) < 4.78 is 5.42. The Morgan fingerprint density at radius 1 is 0.870 bits per heavy atom. The molecule has 0 unspecified atom stereocenters. The molecule has 4 aliphatic rings. The molecule has 4 aromatic carbocycles. The highest BCUT2D eigenvalue weighted by atomic mass is 35.5. The Morgan fingerprint density at radius 2 is 1.61 bits per heavy atom. The zero-order valence-electron chi connectivity index (χ0n) is 28.4. The lowest BCUT2D eigenvalue weighted by Gasteiger charge is -2.50. The molecule has 2 heterocycles. The van der Waals surface area contributed by atoms with Crippen molar-refractivity contribution in [3.8, 4) is 17.2 Å². The summed E-state index contributed by atoms with van der Waals surface area (Å²) in [7, 11) is 1.51. The van der Waals surface area contributed by atoms with E-state index in [1.807, 2.05) is 6.08 Å². The third-order valence-corrected chi connectivity index (χ3v) is 11.8. The first kappa shape index (κ1) is 35.2. The minimum Gasteiger partial charge on any atom is -0.508 e. The van der Waals surface area contributed by atoms with Crippen LogP contribution in [0.5, 0.6) is 17.2 Å². The number of nitrogens with zero attached hydrogens (tertiary/aromatic N) is 2. The smallest absolute Gasteiger partial charge is 0.339 e. The number of phenolic OH excluding ortho intramolecular Hbond substituents is 1. The molecule has 8 rings (SSSR count). The molecule has 4 aromatic rings. The van der Waals surface area contributed by atoms with E-state index >= 15 is 4.79 Å². The molecule has 0 aromatic heterocycles. The maximum Gasteiger partial charge on any atom is 0.339 e. The van der Waals surface area contributed by atoms with Crippen LogP contribution < -0.4 is 15.1 Å². The Hall–Kier alpha value is -5.85. The highest BCUT2D eigenvalue weighted by molar-refractivity contribution is 6.36. The van der Waals surface area contributed by atoms with Crippen LogP contribution in [0.1, 0.15) is 40.2 Å². The average Bonchev–Trinajstić information content (AvgIpc) is 3.53. The van der Waals surface area contributed by atoms with Gasteiger partial charge in [-0.05, 0) is 72.9 Å². The normalized spacial score (nSPS) is 25.9. The van der Waals surface area contributed by atoms with Crippen molar-refractivity contribution in [2.75, 3.05) is 17.4 Å². The molecule has 274 valence electrons. The van der Waals surface area contributed by atoms with Crippen molar-refractivity contribution >= 4 is 64.2 Å². The van der Waals surface area contributed by atoms with Crippen LogP contribution >= 0.6 is 23.2 Å². The van der Waals surface area contributed by atoms with Crippen molar-refractivity contribution in [2.45, 2.75) is 24.2 Å². The van der Waals surface area contributed by atoms with Gasteiger partial charge >= 0.3 is 5.97 Å². The van der Waals surface area contributed by atoms with Crippen molar-refractivity contribution in [1.29, 1.82) is 0 Å². The highest BCUT2D eigenvalue weighted by Crippen LogP contribution is 2.65. The second-order valence-electron chi connectivity index (χ2n) is 13.8. The van der Waals surface area contributed by atoms with Gasteiger partial charge in [-0.1, -0.05) is 65.2 Å². The quantitative estimate of drug-likeness (QED) is 0.123. The fourth-order valence-electron chi connectivity index (χ4n) is 9.01. The van der Waals surface area contributed by atoms with E-state index in [2.05, 4.69) is 5.43 Å². The molecule has 14 heteroatoms. The maximum atomic E-state index is 15.3. The van der Waals surface area contributed by atoms with Crippen LogP contribution in [0.3, 0.4) is 0 Å². The molecule has 2 aliphatic heterocycles. The van der Waals surface area contributed by atoms with Crippen LogP contribution in [0.4, 0.5) is 11.4 Å². The Bertz CT molecular complexity index is 2330. The van der Waals surface area contributed by atoms with Crippen molar-refractivity contribution in [2.24, 2.45) is 23.7 Å². The molecule has 0 bridgehead atoms. The number of allylic oxidation sites excluding steroid dienone is 2. The van der Waals surface area contributed by atoms with Crippen molar-refractivity contribution < 1.29 is 44.0 Å². The summed E-state index contributed by atoms with van der Waals surface area (Å²) >= 11 is 12.6. The summed E-state index contributed by atoms with van der Waals surface area (Å²) in [5, 5.41) is 32.8. The van der Waals surface area contributed by atoms with Crippen LogP contribution in [-0.4, -0.2) is 57.0 Å². The molecule has 4 amide bonds. The number of benzene rings is 4. The van der Waals surface area contributed by atoms with Crippen LogP contribution in [0.15, 0.2) is 96.6 Å². The van der Waals surface area contributed by atoms with Gasteiger partial charge in [-0.15, -0.1) is 0 Å². The van der Waals surface area contributed by atoms with E-state index in [1.165, 1.54) is 25.3 Å². The molecule has 6 atom stereocenters. The fourth-order valence-corrected chi connectivity index (χ4v) is 9.46. The van der Waals surface area contributed by atoms with E-state index in [1.54, 1.807) is 54.6 Å². The number of methoxy groups -OCH3 is 1. The van der Waals surface area contributed by atoms with Gasteiger partial charge in [0, 0.05) is 22.6 Å². The number of carboxylic acids is 1. The lowest BCUT2D eigenvalue weighted by molar-refractivity contribution is -0.138. The number of carbonyl (C=O) groups is 5. The number of fused-ring (bicyclic) bond motifs is 4. The van der Waals surface area contributed by atoms with E-state index < -0.39 is 75.9 Å². The van der Waals surface area contributed by atoms with Crippen molar-refractivity contribution in [3.63, 3.8) is 0 Å². The number of hydrogen-bond acceptors (Lipinski definition) is 9. The number of nitrogens with one attached hydrogen (secondary N) is 1. The van der Waals surface area contributed by atoms with Gasteiger partial charge in [0.1, 0.15) is 22.8 Å². The third-order valence-electron chi connectivity index (χ3n) is 11.3. The molecule has 1 saturated carbocycles. The molecule has 12 nitrogen and oxygen atoms in total. The van der Waals surface area contributed by atoms with Crippen LogP contribution in [-0.2, 0) is 24.6 Å². The maximum absolute atomic E-state index is 15.3. The number of carbonyl (C=O) groups excluding carboxylic acids is 4. The summed E-state index contributed by atoms with van der Waals surface area (Å²) in [6, 6.07) is 21.4. The molecule has 2 saturated heterocycles. The summed E-state index contributed by atoms with van der Waals surface area (Å²) in [5.41, 5.74) is 2.56. The lowest BCUT2D eigenvalue weighted by Crippen LogP contribution is -2.53. The zero-order chi connectivity index (χ0) is 38.2. The first-order valence-electron chi connectivity index (χ1n) is 17.0. The van der Waals surface area contributed by atoms with E-state index in [0.29, 0.717) is 27.5 Å². The van der Waals surface area contributed by atoms with Gasteiger partial charge < -0.3 is 20.1 Å². The van der Waals surface area contributed by atoms with Crippen LogP contribution in [0.2, 0.25) is 10.0 Å². The number of aromatic carboxylic acids is 1. The molecular formula is C40H31Cl2N3O9. The summed E-state index contributed by atoms with van der Waals surface area (Å²) in [5.74, 6) is -8.62. The third kappa shape index (κ3) is 5.08. The number of amides is 4. The molecule has 3 fully saturated rings. The first-order valence-corrected chi connectivity index (χ1v) is 17.8. The molecule has 0 spiro atoms. The first-order chi connectivity index (χ1) is 25.9. The van der Waals surface area contributed by atoms with E-state index in [9.17, 15) is 34.5 Å². The topological polar surface area (TPSA) is 174 Å². The molecule has 4 N–H and O–H groups in total. The molecular weight excluding hydrogens is 737 g/mol. The van der Waals surface area contributed by atoms with Crippen molar-refractivity contribution in [1.82, 2.24) is 5.01 Å². The number of hydrogen-bond donors (Lipinski definition) is 4. The van der Waals surface area contributed by atoms with Gasteiger partial charge in [-0.3, -0.25) is 24.6 Å². The van der Waals surface area contributed by atoms with E-state index in [-0.39, 0.29) is 35.0 Å². The number of rotatable bonds is 7. The summed E-state index contributed by atoms with van der Waals surface area (Å²) in [6.07, 6.45) is 1.93. The molecule has 2 aliphatic carbocycles. The largest absolute Gasteiger partial charge is 0.508 e. The standard InChI is InChI=1S/C40H31Cl2N3O9/c1-54-22-10-6-19(7-11-22)40-28(36(49)45(39(40)53)43-30-15-8-20(41)16-29(30)42)18-27-23(34(40)24-4-2-3-5-31(24)46)13-14-26-33(27)37(50)44(35(26)48)21-9-12-25(38(51)52)32(47)17-21/h2-13,15-17,26-28,33-34,43,46-47H,14,18H2,1H3,(H,51,52)/t26-,27+,28-,33-,34+,40+/m0/s1. The molecule has 54 heavy (non-hydrogen) atoms. The van der Waals surface area contributed by atoms with Gasteiger partial charge in [0.05, 0.1) is 46.7 Å². The predicted molar refractivity (Wildman–Crippen MR) is 196 cm³/mol. The average molecular weight is 769 g/mol. The lowest BCUT2D eigenvalue weighted by atomic mass is 9.49. The van der Waals surface area contributed by atoms with Gasteiger partial charge in [0.2, 0.25) is 11.8 Å². The Kier molecular flexibility index (Phi) is 8.42. The van der Waals surface area contributed by atoms with Crippen molar-refractivity contribution in [3.05, 3.63) is 123 Å². The zero-order valence-corrected chi connectivity index (χ0v) is 29.9. The number of aromatic hydroxyl groups is 2. The summed E-state index contributed by atoms with van der Waals surface area (Å²) in [4.78, 5) is 71.2. The highest BCUT2D eigenvalue weighted by Gasteiger charge is 2.70. The number of ether oxygens (including phenoxy) is 1. The fraction of sp³-hybridized carbons (Fsp3) is 0.225. The van der Waals surface area contributed by atoms with Crippen LogP contribution in [0.25, 0.3) is 0 Å². The second kappa shape index (κ2) is 12.9. The number of carboxylic acid groups (broad SMARTS) is 1. The van der Waals surface area contributed by atoms with E-state index in [0.717, 1.165) is 22.0 Å². The van der Waals surface area contributed by atoms with Gasteiger partial charge in [0.15, 0.2) is 0 Å². The number of anilines is 2. The number of hydrazine groups is 1. The Morgan fingerprint density at radius 3 is 2.28 bits per heavy atom. The molecule has 0 radical (unpaired) electrons. The number of phenols is 2. The number of imide groups is 2. The Balaban J connectivity index is 1.31. The minimum atomic E-state index is -1.66. The van der Waals surface area contributed by atoms with Gasteiger partial charge in [0.25, 0.3) is 11.8 Å². The summed E-state index contributed by atoms with van der Waals surface area (Å²) in [6.45, 7) is 0. The number of para-hydroxylation sites is 1. The van der Waals surface area contributed by atoms with Gasteiger partial charge in [-0.2, -0.15) is 5.01 Å². The number of halogens is 2. The van der Waals surface area contributed by atoms with Crippen LogP contribution in [0, 0.1) is 23.7 Å².